The quantitative estimate of drug-likeness (QED) is 0.811. The highest BCUT2D eigenvalue weighted by molar-refractivity contribution is 7.09. The van der Waals surface area contributed by atoms with Gasteiger partial charge >= 0.3 is 0 Å². The maximum atomic E-state index is 12.7. The van der Waals surface area contributed by atoms with Gasteiger partial charge in [0.1, 0.15) is 5.75 Å². The van der Waals surface area contributed by atoms with E-state index in [2.05, 4.69) is 4.99 Å². The number of thiazole rings is 1. The summed E-state index contributed by atoms with van der Waals surface area (Å²) in [6.07, 6.45) is 0. The lowest BCUT2D eigenvalue weighted by Gasteiger charge is -2.16. The number of benzene rings is 1. The second kappa shape index (κ2) is 8.35. The van der Waals surface area contributed by atoms with Crippen LogP contribution in [0.4, 0.5) is 0 Å². The highest BCUT2D eigenvalue weighted by atomic mass is 35.5. The minimum atomic E-state index is -1.03. The lowest BCUT2D eigenvalue weighted by molar-refractivity contribution is 0.0811. The summed E-state index contributed by atoms with van der Waals surface area (Å²) in [5, 5.41) is 10.8. The zero-order valence-corrected chi connectivity index (χ0v) is 17.1. The summed E-state index contributed by atoms with van der Waals surface area (Å²) in [6.45, 7) is 6.29. The Morgan fingerprint density at radius 2 is 2.08 bits per heavy atom. The minimum absolute atomic E-state index is 0.286. The average Bonchev–Trinajstić information content (AvgIpc) is 2.88. The van der Waals surface area contributed by atoms with E-state index < -0.39 is 11.5 Å². The molecule has 0 atom stereocenters. The number of aliphatic hydroxyl groups is 1. The number of carbonyl (C=O) groups is 1. The summed E-state index contributed by atoms with van der Waals surface area (Å²) in [4.78, 5) is 18.2. The summed E-state index contributed by atoms with van der Waals surface area (Å²) in [5.74, 6) is -0.0540. The third-order valence-electron chi connectivity index (χ3n) is 3.82. The van der Waals surface area contributed by atoms with Gasteiger partial charge in [-0.3, -0.25) is 4.79 Å². The van der Waals surface area contributed by atoms with Crippen LogP contribution in [-0.2, 0) is 16.9 Å². The van der Waals surface area contributed by atoms with E-state index in [1.807, 2.05) is 11.5 Å². The molecule has 1 heterocycles. The maximum Gasteiger partial charge on any atom is 0.283 e. The first kappa shape index (κ1) is 20.6. The molecule has 0 saturated heterocycles. The molecule has 6 nitrogen and oxygen atoms in total. The lowest BCUT2D eigenvalue weighted by Crippen LogP contribution is -2.21. The first-order valence-electron chi connectivity index (χ1n) is 8.03. The zero-order valence-electron chi connectivity index (χ0n) is 15.5. The van der Waals surface area contributed by atoms with E-state index >= 15 is 0 Å². The largest absolute Gasteiger partial charge is 0.496 e. The molecule has 0 aliphatic carbocycles. The lowest BCUT2D eigenvalue weighted by atomic mass is 10.1. The number of methoxy groups -OCH3 is 2. The van der Waals surface area contributed by atoms with E-state index in [1.54, 1.807) is 33.1 Å². The summed E-state index contributed by atoms with van der Waals surface area (Å²) >= 11 is 7.29. The minimum Gasteiger partial charge on any atom is -0.496 e. The highest BCUT2D eigenvalue weighted by Crippen LogP contribution is 2.27. The van der Waals surface area contributed by atoms with Crippen molar-refractivity contribution in [2.24, 2.45) is 4.99 Å². The molecule has 1 aromatic heterocycles. The van der Waals surface area contributed by atoms with Crippen molar-refractivity contribution in [3.05, 3.63) is 44.2 Å². The van der Waals surface area contributed by atoms with E-state index in [-0.39, 0.29) is 5.56 Å². The van der Waals surface area contributed by atoms with Crippen LogP contribution >= 0.6 is 22.9 Å². The van der Waals surface area contributed by atoms with E-state index in [0.717, 1.165) is 10.6 Å². The van der Waals surface area contributed by atoms with Crippen LogP contribution in [0.25, 0.3) is 0 Å². The topological polar surface area (TPSA) is 73.0 Å². The smallest absolute Gasteiger partial charge is 0.283 e. The van der Waals surface area contributed by atoms with Gasteiger partial charge in [0.05, 0.1) is 29.8 Å². The highest BCUT2D eigenvalue weighted by Gasteiger charge is 2.24. The molecular weight excluding hydrogens is 376 g/mol. The zero-order chi connectivity index (χ0) is 19.5. The fraction of sp³-hybridized carbons (Fsp3) is 0.444. The van der Waals surface area contributed by atoms with Crippen LogP contribution in [0, 0.1) is 6.92 Å². The van der Waals surface area contributed by atoms with Crippen LogP contribution in [0.2, 0.25) is 5.02 Å². The van der Waals surface area contributed by atoms with Gasteiger partial charge in [0.2, 0.25) is 0 Å². The summed E-state index contributed by atoms with van der Waals surface area (Å²) in [5.41, 5.74) is 0.104. The molecule has 26 heavy (non-hydrogen) atoms. The first-order valence-corrected chi connectivity index (χ1v) is 9.23. The van der Waals surface area contributed by atoms with Crippen LogP contribution in [0.5, 0.6) is 5.75 Å². The molecular formula is C18H23ClN2O4S. The van der Waals surface area contributed by atoms with Crippen molar-refractivity contribution >= 4 is 28.8 Å². The fourth-order valence-corrected chi connectivity index (χ4v) is 3.91. The molecule has 0 aliphatic rings. The number of amides is 1. The Hall–Kier alpha value is -1.67. The van der Waals surface area contributed by atoms with Crippen LogP contribution in [0.15, 0.2) is 23.2 Å². The number of rotatable bonds is 6. The monoisotopic (exact) mass is 398 g/mol. The molecule has 0 unspecified atom stereocenters. The molecule has 1 aromatic carbocycles. The van der Waals surface area contributed by atoms with E-state index in [4.69, 9.17) is 21.1 Å². The Morgan fingerprint density at radius 3 is 2.65 bits per heavy atom. The predicted molar refractivity (Wildman–Crippen MR) is 102 cm³/mol. The molecule has 142 valence electrons. The Bertz CT molecular complexity index is 865. The average molecular weight is 399 g/mol. The van der Waals surface area contributed by atoms with Gasteiger partial charge in [-0.2, -0.15) is 4.99 Å². The number of aromatic nitrogens is 1. The fourth-order valence-electron chi connectivity index (χ4n) is 2.58. The van der Waals surface area contributed by atoms with Gasteiger partial charge in [-0.25, -0.2) is 0 Å². The molecule has 1 N–H and O–H groups in total. The predicted octanol–water partition coefficient (Wildman–Crippen LogP) is 3.13. The Kier molecular flexibility index (Phi) is 6.63. The Labute approximate surface area is 161 Å². The molecule has 2 rings (SSSR count). The van der Waals surface area contributed by atoms with Crippen molar-refractivity contribution in [3.63, 3.8) is 0 Å². The number of hydrogen-bond donors (Lipinski definition) is 1. The number of carbonyl (C=O) groups excluding carboxylic acids is 1. The molecule has 0 bridgehead atoms. The number of nitrogens with zero attached hydrogens (tertiary/aromatic N) is 2. The van der Waals surface area contributed by atoms with Crippen LogP contribution in [0.3, 0.4) is 0 Å². The molecule has 0 radical (unpaired) electrons. The Balaban J connectivity index is 2.59. The van der Waals surface area contributed by atoms with E-state index in [9.17, 15) is 9.90 Å². The number of ether oxygens (including phenoxy) is 2. The molecule has 0 saturated carbocycles. The van der Waals surface area contributed by atoms with Gasteiger partial charge in [-0.05, 0) is 39.0 Å². The van der Waals surface area contributed by atoms with E-state index in [1.165, 1.54) is 24.5 Å². The molecule has 1 amide bonds. The molecule has 8 heteroatoms. The van der Waals surface area contributed by atoms with Crippen molar-refractivity contribution in [1.82, 2.24) is 4.57 Å². The normalized spacial score (nSPS) is 12.5. The summed E-state index contributed by atoms with van der Waals surface area (Å²) < 4.78 is 12.3. The van der Waals surface area contributed by atoms with Crippen molar-refractivity contribution in [3.8, 4) is 5.75 Å². The maximum absolute atomic E-state index is 12.7. The SMILES string of the molecule is COCCn1c(C)c(C(C)(C)O)s/c1=N\C(=O)c1cc(Cl)ccc1OC. The second-order valence-corrected chi connectivity index (χ2v) is 7.68. The molecule has 0 aliphatic heterocycles. The summed E-state index contributed by atoms with van der Waals surface area (Å²) in [7, 11) is 3.10. The van der Waals surface area contributed by atoms with Crippen molar-refractivity contribution in [1.29, 1.82) is 0 Å². The standard InChI is InChI=1S/C18H23ClN2O4S/c1-11-15(18(2,3)23)26-17(21(11)8-9-24-4)20-16(22)13-10-12(19)6-7-14(13)25-5/h6-7,10,23H,8-9H2,1-5H3/b20-17-. The summed E-state index contributed by atoms with van der Waals surface area (Å²) in [6, 6.07) is 4.81. The molecule has 0 fully saturated rings. The van der Waals surface area contributed by atoms with Gasteiger partial charge in [0.15, 0.2) is 4.80 Å². The number of hydrogen-bond acceptors (Lipinski definition) is 5. The third-order valence-corrected chi connectivity index (χ3v) is 5.55. The van der Waals surface area contributed by atoms with Crippen molar-refractivity contribution in [2.45, 2.75) is 32.9 Å². The van der Waals surface area contributed by atoms with Crippen molar-refractivity contribution < 1.29 is 19.4 Å². The van der Waals surface area contributed by atoms with Gasteiger partial charge < -0.3 is 19.1 Å². The second-order valence-electron chi connectivity index (χ2n) is 6.26. The van der Waals surface area contributed by atoms with Crippen LogP contribution in [0.1, 0.15) is 34.8 Å². The number of halogens is 1. The van der Waals surface area contributed by atoms with Gasteiger partial charge in [-0.1, -0.05) is 22.9 Å². The third kappa shape index (κ3) is 4.54. The first-order chi connectivity index (χ1) is 12.2. The van der Waals surface area contributed by atoms with Gasteiger partial charge in [-0.15, -0.1) is 0 Å². The van der Waals surface area contributed by atoms with Crippen LogP contribution < -0.4 is 9.54 Å². The van der Waals surface area contributed by atoms with Crippen molar-refractivity contribution in [2.75, 3.05) is 20.8 Å². The van der Waals surface area contributed by atoms with Gasteiger partial charge in [0.25, 0.3) is 5.91 Å². The van der Waals surface area contributed by atoms with Gasteiger partial charge in [0, 0.05) is 24.4 Å². The molecule has 2 aromatic rings. The Morgan fingerprint density at radius 1 is 1.38 bits per heavy atom. The van der Waals surface area contributed by atoms with Crippen LogP contribution in [-0.4, -0.2) is 36.4 Å². The molecule has 0 spiro atoms. The van der Waals surface area contributed by atoms with E-state index in [0.29, 0.717) is 28.7 Å².